The minimum Gasteiger partial charge on any atom is -0.452 e. The molecule has 0 saturated carbocycles. The molecule has 6 heteroatoms. The van der Waals surface area contributed by atoms with Crippen LogP contribution in [-0.2, 0) is 16.1 Å². The van der Waals surface area contributed by atoms with Crippen molar-refractivity contribution in [2.45, 2.75) is 6.54 Å². The zero-order valence-corrected chi connectivity index (χ0v) is 16.6. The lowest BCUT2D eigenvalue weighted by Gasteiger charge is -2.18. The summed E-state index contributed by atoms with van der Waals surface area (Å²) in [5, 5.41) is 0. The van der Waals surface area contributed by atoms with Gasteiger partial charge in [-0.25, -0.2) is 4.79 Å². The summed E-state index contributed by atoms with van der Waals surface area (Å²) >= 11 is 0. The first-order valence-electron chi connectivity index (χ1n) is 8.72. The number of benzene rings is 2. The highest BCUT2D eigenvalue weighted by molar-refractivity contribution is 5.91. The summed E-state index contributed by atoms with van der Waals surface area (Å²) in [4.78, 5) is 29.8. The molecule has 144 valence electrons. The summed E-state index contributed by atoms with van der Waals surface area (Å²) < 4.78 is 5.15. The largest absolute Gasteiger partial charge is 0.452 e. The number of ether oxygens (including phenoxy) is 1. The van der Waals surface area contributed by atoms with Crippen LogP contribution in [0.4, 0.5) is 11.4 Å². The predicted molar refractivity (Wildman–Crippen MR) is 108 cm³/mol. The molecular weight excluding hydrogens is 342 g/mol. The number of hydrogen-bond donors (Lipinski definition) is 0. The molecule has 0 fully saturated rings. The lowest BCUT2D eigenvalue weighted by molar-refractivity contribution is -0.133. The van der Waals surface area contributed by atoms with Crippen molar-refractivity contribution in [1.82, 2.24) is 4.90 Å². The Balaban J connectivity index is 1.85. The van der Waals surface area contributed by atoms with Crippen molar-refractivity contribution in [2.75, 3.05) is 51.6 Å². The molecule has 0 aliphatic heterocycles. The number of carbonyl (C=O) groups excluding carboxylic acids is 2. The van der Waals surface area contributed by atoms with Gasteiger partial charge < -0.3 is 19.4 Å². The van der Waals surface area contributed by atoms with E-state index in [9.17, 15) is 9.59 Å². The van der Waals surface area contributed by atoms with Crippen LogP contribution >= 0.6 is 0 Å². The molecule has 0 aliphatic carbocycles. The summed E-state index contributed by atoms with van der Waals surface area (Å²) in [6.45, 7) is 0.183. The van der Waals surface area contributed by atoms with Gasteiger partial charge in [0.2, 0.25) is 0 Å². The highest BCUT2D eigenvalue weighted by Gasteiger charge is 2.14. The molecule has 0 bridgehead atoms. The molecule has 0 heterocycles. The van der Waals surface area contributed by atoms with Crippen LogP contribution in [0.2, 0.25) is 0 Å². The molecule has 6 nitrogen and oxygen atoms in total. The van der Waals surface area contributed by atoms with E-state index in [2.05, 4.69) is 0 Å². The predicted octanol–water partition coefficient (Wildman–Crippen LogP) is 2.63. The van der Waals surface area contributed by atoms with Crippen LogP contribution in [0.25, 0.3) is 0 Å². The van der Waals surface area contributed by atoms with E-state index >= 15 is 0 Å². The molecule has 0 N–H and O–H groups in total. The SMILES string of the molecule is CN(Cc1ccc(N(C)C)cc1)C(=O)COC(=O)c1ccc(N(C)C)cc1. The molecular formula is C21H27N3O3. The van der Waals surface area contributed by atoms with Gasteiger partial charge in [0.1, 0.15) is 0 Å². The van der Waals surface area contributed by atoms with Gasteiger partial charge in [0.25, 0.3) is 5.91 Å². The van der Waals surface area contributed by atoms with E-state index in [1.54, 1.807) is 24.1 Å². The van der Waals surface area contributed by atoms with Gasteiger partial charge in [0.15, 0.2) is 6.61 Å². The number of esters is 1. The summed E-state index contributed by atoms with van der Waals surface area (Å²) in [6, 6.07) is 15.0. The third kappa shape index (κ3) is 5.74. The van der Waals surface area contributed by atoms with Crippen LogP contribution in [0, 0.1) is 0 Å². The van der Waals surface area contributed by atoms with Gasteiger partial charge in [-0.15, -0.1) is 0 Å². The Labute approximate surface area is 160 Å². The third-order valence-corrected chi connectivity index (χ3v) is 4.24. The first-order chi connectivity index (χ1) is 12.8. The normalized spacial score (nSPS) is 10.3. The van der Waals surface area contributed by atoms with Gasteiger partial charge in [-0.05, 0) is 42.0 Å². The van der Waals surface area contributed by atoms with E-state index in [1.807, 2.05) is 74.4 Å². The number of likely N-dealkylation sites (N-methyl/N-ethyl adjacent to an activating group) is 1. The van der Waals surface area contributed by atoms with Gasteiger partial charge in [-0.1, -0.05) is 12.1 Å². The van der Waals surface area contributed by atoms with E-state index < -0.39 is 5.97 Å². The Morgan fingerprint density at radius 1 is 0.778 bits per heavy atom. The van der Waals surface area contributed by atoms with Crippen LogP contribution < -0.4 is 9.80 Å². The molecule has 0 atom stereocenters. The number of amides is 1. The number of anilines is 2. The Morgan fingerprint density at radius 3 is 1.74 bits per heavy atom. The summed E-state index contributed by atoms with van der Waals surface area (Å²) in [6.07, 6.45) is 0. The Bertz CT molecular complexity index is 768. The van der Waals surface area contributed by atoms with Crippen LogP contribution in [0.1, 0.15) is 15.9 Å². The van der Waals surface area contributed by atoms with E-state index in [0.717, 1.165) is 16.9 Å². The second kappa shape index (κ2) is 9.07. The summed E-state index contributed by atoms with van der Waals surface area (Å²) in [7, 11) is 9.51. The topological polar surface area (TPSA) is 53.1 Å². The van der Waals surface area contributed by atoms with E-state index in [-0.39, 0.29) is 12.5 Å². The summed E-state index contributed by atoms with van der Waals surface area (Å²) in [5.41, 5.74) is 3.53. The second-order valence-corrected chi connectivity index (χ2v) is 6.83. The fourth-order valence-corrected chi connectivity index (χ4v) is 2.48. The first kappa shape index (κ1) is 20.3. The molecule has 27 heavy (non-hydrogen) atoms. The minimum absolute atomic E-state index is 0.245. The maximum Gasteiger partial charge on any atom is 0.338 e. The lowest BCUT2D eigenvalue weighted by Crippen LogP contribution is -2.30. The van der Waals surface area contributed by atoms with Gasteiger partial charge in [0, 0.05) is 53.2 Å². The smallest absolute Gasteiger partial charge is 0.338 e. The molecule has 1 amide bonds. The van der Waals surface area contributed by atoms with Crippen molar-refractivity contribution in [3.63, 3.8) is 0 Å². The van der Waals surface area contributed by atoms with Crippen LogP contribution in [0.3, 0.4) is 0 Å². The van der Waals surface area contributed by atoms with E-state index in [0.29, 0.717) is 12.1 Å². The average Bonchev–Trinajstić information content (AvgIpc) is 2.66. The fraction of sp³-hybridized carbons (Fsp3) is 0.333. The summed E-state index contributed by atoms with van der Waals surface area (Å²) in [5.74, 6) is -0.748. The molecule has 2 aromatic rings. The lowest BCUT2D eigenvalue weighted by atomic mass is 10.2. The zero-order chi connectivity index (χ0) is 20.0. The van der Waals surface area contributed by atoms with Gasteiger partial charge in [-0.2, -0.15) is 0 Å². The second-order valence-electron chi connectivity index (χ2n) is 6.83. The van der Waals surface area contributed by atoms with Crippen molar-refractivity contribution in [3.8, 4) is 0 Å². The maximum atomic E-state index is 12.2. The molecule has 0 aromatic heterocycles. The maximum absolute atomic E-state index is 12.2. The fourth-order valence-electron chi connectivity index (χ4n) is 2.48. The van der Waals surface area contributed by atoms with E-state index in [4.69, 9.17) is 4.74 Å². The van der Waals surface area contributed by atoms with Crippen LogP contribution in [0.15, 0.2) is 48.5 Å². The van der Waals surface area contributed by atoms with Crippen molar-refractivity contribution < 1.29 is 14.3 Å². The van der Waals surface area contributed by atoms with Gasteiger partial charge in [-0.3, -0.25) is 4.79 Å². The monoisotopic (exact) mass is 369 g/mol. The van der Waals surface area contributed by atoms with Crippen molar-refractivity contribution in [3.05, 3.63) is 59.7 Å². The number of hydrogen-bond acceptors (Lipinski definition) is 5. The Hall–Kier alpha value is -3.02. The first-order valence-corrected chi connectivity index (χ1v) is 8.72. The van der Waals surface area contributed by atoms with Crippen LogP contribution in [0.5, 0.6) is 0 Å². The van der Waals surface area contributed by atoms with Gasteiger partial charge in [0.05, 0.1) is 5.56 Å². The standard InChI is InChI=1S/C21H27N3O3/c1-22(2)18-10-6-16(7-11-18)14-24(5)20(25)15-27-21(26)17-8-12-19(13-9-17)23(3)4/h6-13H,14-15H2,1-5H3. The number of carbonyl (C=O) groups is 2. The highest BCUT2D eigenvalue weighted by atomic mass is 16.5. The van der Waals surface area contributed by atoms with Crippen LogP contribution in [-0.4, -0.2) is 58.6 Å². The number of nitrogens with zero attached hydrogens (tertiary/aromatic N) is 3. The molecule has 0 radical (unpaired) electrons. The van der Waals surface area contributed by atoms with Crippen molar-refractivity contribution in [2.24, 2.45) is 0 Å². The van der Waals surface area contributed by atoms with Crippen molar-refractivity contribution >= 4 is 23.3 Å². The molecule has 0 spiro atoms. The highest BCUT2D eigenvalue weighted by Crippen LogP contribution is 2.14. The molecule has 0 unspecified atom stereocenters. The Kier molecular flexibility index (Phi) is 6.82. The average molecular weight is 369 g/mol. The molecule has 2 aromatic carbocycles. The van der Waals surface area contributed by atoms with Crippen molar-refractivity contribution in [1.29, 1.82) is 0 Å². The van der Waals surface area contributed by atoms with Gasteiger partial charge >= 0.3 is 5.97 Å². The third-order valence-electron chi connectivity index (χ3n) is 4.24. The van der Waals surface area contributed by atoms with E-state index in [1.165, 1.54) is 0 Å². The Morgan fingerprint density at radius 2 is 1.26 bits per heavy atom. The molecule has 2 rings (SSSR count). The number of rotatable bonds is 7. The minimum atomic E-state index is -0.502. The molecule has 0 saturated heterocycles. The molecule has 0 aliphatic rings. The quantitative estimate of drug-likeness (QED) is 0.703. The zero-order valence-electron chi connectivity index (χ0n) is 16.6.